The van der Waals surface area contributed by atoms with E-state index in [-0.39, 0.29) is 37.6 Å². The minimum atomic E-state index is -6.59. The molecule has 0 fully saturated rings. The second kappa shape index (κ2) is 14.3. The predicted molar refractivity (Wildman–Crippen MR) is 128 cm³/mol. The van der Waals surface area contributed by atoms with Crippen molar-refractivity contribution in [1.29, 1.82) is 0 Å². The van der Waals surface area contributed by atoms with Crippen LogP contribution in [0.4, 0.5) is 45.6 Å². The molecule has 0 radical (unpaired) electrons. The molecule has 8 nitrogen and oxygen atoms in total. The third-order valence-electron chi connectivity index (χ3n) is 5.35. The summed E-state index contributed by atoms with van der Waals surface area (Å²) >= 11 is 0. The molecule has 0 aliphatic carbocycles. The number of halogens is 8. The summed E-state index contributed by atoms with van der Waals surface area (Å²) in [6.45, 7) is -1.16. The van der Waals surface area contributed by atoms with Gasteiger partial charge in [-0.25, -0.2) is 14.0 Å². The maximum Gasteiger partial charge on any atom is 0.462 e. The molecule has 2 N–H and O–H groups in total. The van der Waals surface area contributed by atoms with Crippen molar-refractivity contribution in [3.8, 4) is 5.75 Å². The van der Waals surface area contributed by atoms with E-state index in [1.807, 2.05) is 0 Å². The molecule has 0 saturated heterocycles. The lowest BCUT2D eigenvalue weighted by Crippen LogP contribution is -2.54. The summed E-state index contributed by atoms with van der Waals surface area (Å²) in [7, 11) is 0. The number of carbonyl (C=O) groups excluding carboxylic acids is 1. The van der Waals surface area contributed by atoms with Crippen LogP contribution in [-0.2, 0) is 20.7 Å². The van der Waals surface area contributed by atoms with E-state index in [1.165, 1.54) is 24.3 Å². The van der Waals surface area contributed by atoms with E-state index in [2.05, 4.69) is 10.1 Å². The minimum Gasteiger partial charge on any atom is -0.492 e. The molecule has 0 spiro atoms. The Bertz CT molecular complexity index is 1150. The molecule has 1 unspecified atom stereocenters. The number of rotatable bonds is 15. The van der Waals surface area contributed by atoms with Crippen molar-refractivity contribution in [2.75, 3.05) is 38.2 Å². The summed E-state index contributed by atoms with van der Waals surface area (Å²) in [6, 6.07) is 9.53. The first-order valence-electron chi connectivity index (χ1n) is 11.9. The Balaban J connectivity index is 2.04. The average Bonchev–Trinajstić information content (AvgIpc) is 2.87. The van der Waals surface area contributed by atoms with Gasteiger partial charge in [-0.05, 0) is 42.8 Å². The van der Waals surface area contributed by atoms with E-state index < -0.39 is 55.3 Å². The Labute approximate surface area is 228 Å². The van der Waals surface area contributed by atoms with Crippen molar-refractivity contribution in [1.82, 2.24) is 4.90 Å². The number of hydrogen-bond acceptors (Lipinski definition) is 5. The fourth-order valence-corrected chi connectivity index (χ4v) is 3.25. The van der Waals surface area contributed by atoms with E-state index in [0.29, 0.717) is 5.56 Å². The van der Waals surface area contributed by atoms with Gasteiger partial charge in [0.05, 0.1) is 13.2 Å². The van der Waals surface area contributed by atoms with Gasteiger partial charge in [0.1, 0.15) is 18.2 Å². The molecule has 0 aliphatic heterocycles. The lowest BCUT2D eigenvalue weighted by molar-refractivity contribution is -0.423. The van der Waals surface area contributed by atoms with Gasteiger partial charge in [-0.15, -0.1) is 0 Å². The van der Waals surface area contributed by atoms with Gasteiger partial charge in [0, 0.05) is 25.3 Å². The molecule has 1 atom stereocenters. The van der Waals surface area contributed by atoms with Gasteiger partial charge < -0.3 is 29.5 Å². The Morgan fingerprint density at radius 2 is 1.61 bits per heavy atom. The molecule has 16 heteroatoms. The van der Waals surface area contributed by atoms with Crippen molar-refractivity contribution in [3.05, 3.63) is 59.9 Å². The molecule has 2 rings (SSSR count). The van der Waals surface area contributed by atoms with Crippen molar-refractivity contribution >= 4 is 17.7 Å². The lowest BCUT2D eigenvalue weighted by Gasteiger charge is -2.29. The molecule has 0 aliphatic rings. The maximum absolute atomic E-state index is 13.5. The number of carboxylic acid groups (broad SMARTS) is 1. The van der Waals surface area contributed by atoms with Crippen LogP contribution in [-0.4, -0.2) is 79.2 Å². The van der Waals surface area contributed by atoms with Gasteiger partial charge in [0.2, 0.25) is 0 Å². The Morgan fingerprint density at radius 1 is 0.976 bits per heavy atom. The number of benzene rings is 2. The van der Waals surface area contributed by atoms with Crippen LogP contribution in [0.25, 0.3) is 0 Å². The summed E-state index contributed by atoms with van der Waals surface area (Å²) in [5, 5.41) is 11.4. The topological polar surface area (TPSA) is 97.3 Å². The van der Waals surface area contributed by atoms with Gasteiger partial charge in [-0.3, -0.25) is 0 Å². The van der Waals surface area contributed by atoms with Crippen molar-refractivity contribution < 1.29 is 64.0 Å². The quantitative estimate of drug-likeness (QED) is 0.259. The van der Waals surface area contributed by atoms with Crippen LogP contribution in [0.5, 0.6) is 5.75 Å². The Kier molecular flexibility index (Phi) is 11.7. The highest BCUT2D eigenvalue weighted by Crippen LogP contribution is 2.46. The van der Waals surface area contributed by atoms with Crippen molar-refractivity contribution in [3.63, 3.8) is 0 Å². The number of carboxylic acids is 1. The highest BCUT2D eigenvalue weighted by Gasteiger charge is 2.74. The first kappa shape index (κ1) is 33.5. The third kappa shape index (κ3) is 9.74. The number of nitrogens with one attached hydrogen (secondary N) is 1. The van der Waals surface area contributed by atoms with E-state index in [1.54, 1.807) is 19.1 Å². The van der Waals surface area contributed by atoms with Crippen LogP contribution >= 0.6 is 0 Å². The average molecular weight is 602 g/mol. The molecule has 41 heavy (non-hydrogen) atoms. The lowest BCUT2D eigenvalue weighted by atomic mass is 10.1. The summed E-state index contributed by atoms with van der Waals surface area (Å²) in [5.41, 5.74) is 0.543. The molecule has 0 bridgehead atoms. The number of urea groups is 1. The number of carbonyl (C=O) groups is 2. The minimum absolute atomic E-state index is 0.0573. The van der Waals surface area contributed by atoms with Gasteiger partial charge in [0.15, 0.2) is 6.10 Å². The molecule has 2 aromatic rings. The first-order valence-corrected chi connectivity index (χ1v) is 11.9. The Hall–Kier alpha value is -3.66. The highest BCUT2D eigenvalue weighted by molar-refractivity contribution is 5.89. The largest absolute Gasteiger partial charge is 0.492 e. The fraction of sp³-hybridized carbons (Fsp3) is 0.440. The number of ether oxygens (including phenoxy) is 3. The molecule has 0 saturated carbocycles. The summed E-state index contributed by atoms with van der Waals surface area (Å²) in [4.78, 5) is 24.6. The number of anilines is 1. The van der Waals surface area contributed by atoms with Crippen LogP contribution in [0.1, 0.15) is 12.5 Å². The zero-order valence-corrected chi connectivity index (χ0v) is 21.4. The van der Waals surface area contributed by atoms with Crippen LogP contribution in [0, 0.1) is 5.82 Å². The number of amides is 2. The van der Waals surface area contributed by atoms with Gasteiger partial charge in [-0.1, -0.05) is 18.2 Å². The molecule has 2 amide bonds. The summed E-state index contributed by atoms with van der Waals surface area (Å²) < 4.78 is 118. The second-order valence-electron chi connectivity index (χ2n) is 8.34. The zero-order valence-electron chi connectivity index (χ0n) is 21.4. The fourth-order valence-electron chi connectivity index (χ4n) is 3.25. The number of alkyl halides is 7. The summed E-state index contributed by atoms with van der Waals surface area (Å²) in [6.07, 6.45) is -13.5. The molecule has 228 valence electrons. The van der Waals surface area contributed by atoms with E-state index in [4.69, 9.17) is 9.47 Å². The van der Waals surface area contributed by atoms with Gasteiger partial charge >= 0.3 is 30.2 Å². The molecule has 0 aromatic heterocycles. The first-order chi connectivity index (χ1) is 19.1. The smallest absolute Gasteiger partial charge is 0.462 e. The number of aliphatic carboxylic acids is 1. The predicted octanol–water partition coefficient (Wildman–Crippen LogP) is 5.58. The van der Waals surface area contributed by atoms with E-state index in [0.717, 1.165) is 17.0 Å². The van der Waals surface area contributed by atoms with E-state index >= 15 is 0 Å². The molecule has 0 heterocycles. The number of nitrogens with zero attached hydrogens (tertiary/aromatic N) is 1. The van der Waals surface area contributed by atoms with Gasteiger partial charge in [-0.2, -0.15) is 30.7 Å². The third-order valence-corrected chi connectivity index (χ3v) is 5.35. The standard InChI is InChI=1S/C25H26F8N2O6/c1-2-39-20(21(36)37)14-16-6-8-19(9-7-16)40-12-10-35(22(38)34-18-5-3-4-17(26)15-18)11-13-41-25(32,33)23(27,28)24(29,30)31/h3-9,15,20H,2,10-14H2,1H3,(H,34,38)(H,36,37). The van der Waals surface area contributed by atoms with Gasteiger partial charge in [0.25, 0.3) is 0 Å². The van der Waals surface area contributed by atoms with Crippen LogP contribution < -0.4 is 10.1 Å². The van der Waals surface area contributed by atoms with Crippen LogP contribution in [0.3, 0.4) is 0 Å². The number of hydrogen-bond donors (Lipinski definition) is 2. The summed E-state index contributed by atoms with van der Waals surface area (Å²) in [5.74, 6) is -8.12. The van der Waals surface area contributed by atoms with Crippen LogP contribution in [0.15, 0.2) is 48.5 Å². The van der Waals surface area contributed by atoms with E-state index in [9.17, 15) is 49.8 Å². The normalized spacial score (nSPS) is 13.0. The molecular formula is C25H26F8N2O6. The highest BCUT2D eigenvalue weighted by atomic mass is 19.4. The Morgan fingerprint density at radius 3 is 2.17 bits per heavy atom. The monoisotopic (exact) mass is 602 g/mol. The van der Waals surface area contributed by atoms with Crippen molar-refractivity contribution in [2.45, 2.75) is 37.7 Å². The van der Waals surface area contributed by atoms with Crippen LogP contribution in [0.2, 0.25) is 0 Å². The molecule has 2 aromatic carbocycles. The maximum atomic E-state index is 13.5. The second-order valence-corrected chi connectivity index (χ2v) is 8.34. The SMILES string of the molecule is CCOC(Cc1ccc(OCCN(CCOC(F)(F)C(F)(F)C(F)(F)F)C(=O)Nc2cccc(F)c2)cc1)C(=O)O. The molecular weight excluding hydrogens is 576 g/mol. The van der Waals surface area contributed by atoms with Crippen molar-refractivity contribution in [2.24, 2.45) is 0 Å². The zero-order chi connectivity index (χ0) is 30.8.